The lowest BCUT2D eigenvalue weighted by molar-refractivity contribution is -0.123. The first kappa shape index (κ1) is 23.4. The average molecular weight is 485 g/mol. The number of anilines is 2. The van der Waals surface area contributed by atoms with Crippen LogP contribution in [0.1, 0.15) is 49.1 Å². The van der Waals surface area contributed by atoms with Crippen LogP contribution in [0, 0.1) is 0 Å². The molecule has 0 saturated carbocycles. The van der Waals surface area contributed by atoms with Gasteiger partial charge in [0.1, 0.15) is 5.82 Å². The topological polar surface area (TPSA) is 115 Å². The monoisotopic (exact) mass is 485 g/mol. The Bertz CT molecular complexity index is 1360. The van der Waals surface area contributed by atoms with Crippen molar-refractivity contribution >= 4 is 34.9 Å². The molecule has 1 N–H and O–H groups in total. The number of rotatable bonds is 5. The van der Waals surface area contributed by atoms with Gasteiger partial charge in [-0.15, -0.1) is 0 Å². The number of nitrogens with one attached hydrogen (secondary N) is 1. The lowest BCUT2D eigenvalue weighted by Crippen LogP contribution is -2.36. The smallest absolute Gasteiger partial charge is 0.340 e. The Morgan fingerprint density at radius 3 is 2.28 bits per heavy atom. The first-order chi connectivity index (χ1) is 17.4. The first-order valence-electron chi connectivity index (χ1n) is 11.6. The van der Waals surface area contributed by atoms with Crippen LogP contribution in [0.3, 0.4) is 0 Å². The molecule has 1 aromatic heterocycles. The third-order valence-corrected chi connectivity index (χ3v) is 6.16. The van der Waals surface area contributed by atoms with Crippen molar-refractivity contribution in [1.82, 2.24) is 4.98 Å². The van der Waals surface area contributed by atoms with Crippen LogP contribution in [0.15, 0.2) is 60.8 Å². The van der Waals surface area contributed by atoms with Gasteiger partial charge in [0.2, 0.25) is 0 Å². The normalized spacial score (nSPS) is 15.5. The zero-order valence-corrected chi connectivity index (χ0v) is 19.5. The molecule has 1 saturated heterocycles. The predicted octanol–water partition coefficient (Wildman–Crippen LogP) is 2.88. The summed E-state index contributed by atoms with van der Waals surface area (Å²) >= 11 is 0. The number of fused-ring (bicyclic) bond motifs is 2. The molecule has 5 rings (SSSR count). The molecule has 1 aliphatic carbocycles. The minimum Gasteiger partial charge on any atom is -0.449 e. The average Bonchev–Trinajstić information content (AvgIpc) is 2.92. The van der Waals surface area contributed by atoms with Crippen molar-refractivity contribution in [3.8, 4) is 0 Å². The second kappa shape index (κ2) is 9.71. The highest BCUT2D eigenvalue weighted by Gasteiger charge is 2.30. The summed E-state index contributed by atoms with van der Waals surface area (Å²) in [6.45, 7) is 4.15. The van der Waals surface area contributed by atoms with Gasteiger partial charge in [-0.05, 0) is 37.3 Å². The highest BCUT2D eigenvalue weighted by Crippen LogP contribution is 2.29. The van der Waals surface area contributed by atoms with Crippen LogP contribution < -0.4 is 10.2 Å². The van der Waals surface area contributed by atoms with Crippen LogP contribution in [0.4, 0.5) is 11.5 Å². The zero-order chi connectivity index (χ0) is 25.2. The van der Waals surface area contributed by atoms with Crippen molar-refractivity contribution in [3.05, 3.63) is 88.6 Å². The van der Waals surface area contributed by atoms with E-state index in [4.69, 9.17) is 9.47 Å². The molecule has 182 valence electrons. The number of hydrogen-bond donors (Lipinski definition) is 1. The summed E-state index contributed by atoms with van der Waals surface area (Å²) in [4.78, 5) is 57.2. The number of carbonyl (C=O) groups excluding carboxylic acids is 4. The molecule has 1 amide bonds. The maximum absolute atomic E-state index is 12.9. The third kappa shape index (κ3) is 4.48. The maximum atomic E-state index is 12.9. The highest BCUT2D eigenvalue weighted by molar-refractivity contribution is 6.28. The highest BCUT2D eigenvalue weighted by atomic mass is 16.5. The Morgan fingerprint density at radius 1 is 0.944 bits per heavy atom. The van der Waals surface area contributed by atoms with E-state index in [9.17, 15) is 19.2 Å². The molecule has 0 spiro atoms. The van der Waals surface area contributed by atoms with E-state index in [0.717, 1.165) is 18.9 Å². The summed E-state index contributed by atoms with van der Waals surface area (Å²) in [5, 5.41) is 2.65. The van der Waals surface area contributed by atoms with Crippen molar-refractivity contribution in [2.75, 3.05) is 36.5 Å². The molecule has 2 aliphatic rings. The van der Waals surface area contributed by atoms with Gasteiger partial charge < -0.3 is 19.7 Å². The van der Waals surface area contributed by atoms with Crippen molar-refractivity contribution in [3.63, 3.8) is 0 Å². The van der Waals surface area contributed by atoms with Crippen LogP contribution in [0.25, 0.3) is 0 Å². The molecule has 1 aliphatic heterocycles. The molecule has 1 atom stereocenters. The fourth-order valence-corrected chi connectivity index (χ4v) is 4.19. The minimum absolute atomic E-state index is 0.215. The second-order valence-corrected chi connectivity index (χ2v) is 8.51. The summed E-state index contributed by atoms with van der Waals surface area (Å²) in [7, 11) is 0. The fourth-order valence-electron chi connectivity index (χ4n) is 4.19. The van der Waals surface area contributed by atoms with Crippen LogP contribution in [0.2, 0.25) is 0 Å². The molecular formula is C27H23N3O6. The van der Waals surface area contributed by atoms with Crippen molar-refractivity contribution in [2.45, 2.75) is 13.0 Å². The lowest BCUT2D eigenvalue weighted by Gasteiger charge is -2.27. The van der Waals surface area contributed by atoms with Gasteiger partial charge in [0.15, 0.2) is 17.7 Å². The van der Waals surface area contributed by atoms with Crippen LogP contribution in [-0.4, -0.2) is 60.8 Å². The molecule has 9 heteroatoms. The lowest BCUT2D eigenvalue weighted by atomic mass is 9.84. The Morgan fingerprint density at radius 2 is 1.61 bits per heavy atom. The number of ketones is 2. The molecule has 0 radical (unpaired) electrons. The quantitative estimate of drug-likeness (QED) is 0.429. The Kier molecular flexibility index (Phi) is 6.30. The Balaban J connectivity index is 1.23. The van der Waals surface area contributed by atoms with Crippen LogP contribution >= 0.6 is 0 Å². The van der Waals surface area contributed by atoms with Crippen molar-refractivity contribution in [2.24, 2.45) is 0 Å². The number of pyridine rings is 1. The van der Waals surface area contributed by atoms with Gasteiger partial charge in [0, 0.05) is 47.2 Å². The largest absolute Gasteiger partial charge is 0.449 e. The zero-order valence-electron chi connectivity index (χ0n) is 19.5. The molecule has 3 aromatic rings. The maximum Gasteiger partial charge on any atom is 0.340 e. The van der Waals surface area contributed by atoms with E-state index in [2.05, 4.69) is 15.2 Å². The van der Waals surface area contributed by atoms with Crippen molar-refractivity contribution < 1.29 is 28.7 Å². The number of morpholine rings is 1. The Hall–Kier alpha value is -4.37. The summed E-state index contributed by atoms with van der Waals surface area (Å²) in [6, 6.07) is 14.5. The molecule has 36 heavy (non-hydrogen) atoms. The van der Waals surface area contributed by atoms with E-state index in [1.54, 1.807) is 42.5 Å². The van der Waals surface area contributed by atoms with Gasteiger partial charge in [-0.2, -0.15) is 0 Å². The number of ether oxygens (including phenoxy) is 2. The van der Waals surface area contributed by atoms with Crippen LogP contribution in [-0.2, 0) is 14.3 Å². The van der Waals surface area contributed by atoms with Crippen LogP contribution in [0.5, 0.6) is 0 Å². The number of aromatic nitrogens is 1. The van der Waals surface area contributed by atoms with E-state index in [0.29, 0.717) is 30.0 Å². The first-order valence-corrected chi connectivity index (χ1v) is 11.6. The molecule has 9 nitrogen and oxygen atoms in total. The fraction of sp³-hybridized carbons (Fsp3) is 0.222. The van der Waals surface area contributed by atoms with E-state index >= 15 is 0 Å². The number of hydrogen-bond acceptors (Lipinski definition) is 8. The number of esters is 1. The van der Waals surface area contributed by atoms with E-state index in [1.165, 1.54) is 25.3 Å². The van der Waals surface area contributed by atoms with Gasteiger partial charge in [0.05, 0.1) is 18.8 Å². The molecule has 2 aromatic carbocycles. The van der Waals surface area contributed by atoms with Gasteiger partial charge in [0.25, 0.3) is 5.91 Å². The number of benzene rings is 2. The Labute approximate surface area is 207 Å². The number of amides is 1. The minimum atomic E-state index is -1.11. The van der Waals surface area contributed by atoms with Crippen molar-refractivity contribution in [1.29, 1.82) is 0 Å². The van der Waals surface area contributed by atoms with E-state index < -0.39 is 18.0 Å². The summed E-state index contributed by atoms with van der Waals surface area (Å²) in [5.74, 6) is -1.04. The third-order valence-electron chi connectivity index (χ3n) is 6.16. The standard InChI is InChI=1S/C27H23N3O6/c1-16(36-27(34)17-6-9-23(28-15-17)30-10-12-35-13-11-30)26(33)29-18-7-8-21-22(14-18)25(32)20-5-3-2-4-19(20)24(21)31/h2-9,14-16H,10-13H2,1H3,(H,29,33). The summed E-state index contributed by atoms with van der Waals surface area (Å²) in [6.07, 6.45) is 0.312. The van der Waals surface area contributed by atoms with Gasteiger partial charge >= 0.3 is 5.97 Å². The summed E-state index contributed by atoms with van der Waals surface area (Å²) < 4.78 is 10.6. The molecule has 1 fully saturated rings. The van der Waals surface area contributed by atoms with E-state index in [-0.39, 0.29) is 28.3 Å². The molecule has 2 heterocycles. The summed E-state index contributed by atoms with van der Waals surface area (Å²) in [5.41, 5.74) is 1.73. The second-order valence-electron chi connectivity index (χ2n) is 8.51. The molecular weight excluding hydrogens is 462 g/mol. The molecule has 1 unspecified atom stereocenters. The molecule has 0 bridgehead atoms. The van der Waals surface area contributed by atoms with Gasteiger partial charge in [-0.1, -0.05) is 24.3 Å². The van der Waals surface area contributed by atoms with E-state index in [1.807, 2.05) is 0 Å². The number of carbonyl (C=O) groups is 4. The van der Waals surface area contributed by atoms with Gasteiger partial charge in [-0.25, -0.2) is 9.78 Å². The van der Waals surface area contributed by atoms with Gasteiger partial charge in [-0.3, -0.25) is 14.4 Å². The predicted molar refractivity (Wildman–Crippen MR) is 131 cm³/mol. The number of nitrogens with zero attached hydrogens (tertiary/aromatic N) is 2. The SMILES string of the molecule is CC(OC(=O)c1ccc(N2CCOCC2)nc1)C(=O)Nc1ccc2c(c1)C(=O)c1ccccc1C2=O.